The molecular formula is C9H23N3. The van der Waals surface area contributed by atoms with Crippen molar-refractivity contribution in [2.45, 2.75) is 26.7 Å². The minimum atomic E-state index is 0.936. The van der Waals surface area contributed by atoms with E-state index in [4.69, 9.17) is 0 Å². The number of hydrogen-bond acceptors (Lipinski definition) is 3. The predicted molar refractivity (Wildman–Crippen MR) is 54.3 cm³/mol. The maximum Gasteiger partial charge on any atom is 0.0454 e. The van der Waals surface area contributed by atoms with E-state index in [-0.39, 0.29) is 0 Å². The van der Waals surface area contributed by atoms with E-state index in [9.17, 15) is 0 Å². The van der Waals surface area contributed by atoms with Gasteiger partial charge in [-0.1, -0.05) is 20.3 Å². The first-order valence-corrected chi connectivity index (χ1v) is 5.04. The van der Waals surface area contributed by atoms with Crippen LogP contribution in [0.3, 0.4) is 0 Å². The van der Waals surface area contributed by atoms with Gasteiger partial charge in [0, 0.05) is 19.8 Å². The normalized spacial score (nSPS) is 10.5. The first-order valence-electron chi connectivity index (χ1n) is 5.04. The van der Waals surface area contributed by atoms with Gasteiger partial charge < -0.3 is 16.0 Å². The van der Waals surface area contributed by atoms with E-state index in [2.05, 4.69) is 29.8 Å². The molecule has 0 radical (unpaired) electrons. The minimum absolute atomic E-state index is 0.936. The molecule has 0 aromatic carbocycles. The van der Waals surface area contributed by atoms with Gasteiger partial charge >= 0.3 is 0 Å². The topological polar surface area (TPSA) is 36.1 Å². The zero-order valence-electron chi connectivity index (χ0n) is 8.45. The third-order valence-corrected chi connectivity index (χ3v) is 1.69. The monoisotopic (exact) mass is 173 g/mol. The molecule has 0 aromatic rings. The summed E-state index contributed by atoms with van der Waals surface area (Å²) in [5.41, 5.74) is 0. The summed E-state index contributed by atoms with van der Waals surface area (Å²) < 4.78 is 0. The molecule has 0 aromatic heterocycles. The maximum atomic E-state index is 3.32. The van der Waals surface area contributed by atoms with Crippen molar-refractivity contribution in [2.24, 2.45) is 0 Å². The van der Waals surface area contributed by atoms with Crippen molar-refractivity contribution in [1.82, 2.24) is 16.0 Å². The van der Waals surface area contributed by atoms with Gasteiger partial charge in [0.2, 0.25) is 0 Å². The minimum Gasteiger partial charge on any atom is -0.316 e. The number of unbranched alkanes of at least 4 members (excludes halogenated alkanes) is 1. The lowest BCUT2D eigenvalue weighted by Crippen LogP contribution is -2.34. The molecule has 0 saturated carbocycles. The van der Waals surface area contributed by atoms with E-state index >= 15 is 0 Å². The average molecular weight is 173 g/mol. The standard InChI is InChI=1S/C9H23N3/c1-3-5-6-11-9-12-8-7-10-4-2/h10-12H,3-9H2,1-2H3. The molecule has 74 valence electrons. The van der Waals surface area contributed by atoms with Crippen molar-refractivity contribution >= 4 is 0 Å². The lowest BCUT2D eigenvalue weighted by atomic mass is 10.3. The summed E-state index contributed by atoms with van der Waals surface area (Å²) in [6.45, 7) is 9.57. The molecule has 0 spiro atoms. The van der Waals surface area contributed by atoms with Crippen LogP contribution in [0.4, 0.5) is 0 Å². The maximum absolute atomic E-state index is 3.32. The smallest absolute Gasteiger partial charge is 0.0454 e. The van der Waals surface area contributed by atoms with Crippen molar-refractivity contribution in [3.63, 3.8) is 0 Å². The molecular weight excluding hydrogens is 150 g/mol. The first-order chi connectivity index (χ1) is 5.91. The molecule has 0 amide bonds. The predicted octanol–water partition coefficient (Wildman–Crippen LogP) is 0.533. The van der Waals surface area contributed by atoms with Crippen molar-refractivity contribution in [2.75, 3.05) is 32.8 Å². The number of hydrogen-bond donors (Lipinski definition) is 3. The Balaban J connectivity index is 2.73. The molecule has 0 bridgehead atoms. The Morgan fingerprint density at radius 3 is 2.17 bits per heavy atom. The SMILES string of the molecule is CCCCNCNCCNCC. The van der Waals surface area contributed by atoms with E-state index < -0.39 is 0 Å². The Bertz CT molecular complexity index is 66.2. The van der Waals surface area contributed by atoms with Crippen LogP contribution >= 0.6 is 0 Å². The Kier molecular flexibility index (Phi) is 10.8. The Morgan fingerprint density at radius 1 is 0.833 bits per heavy atom. The molecule has 0 fully saturated rings. The summed E-state index contributed by atoms with van der Waals surface area (Å²) in [5.74, 6) is 0. The molecule has 0 rings (SSSR count). The van der Waals surface area contributed by atoms with Gasteiger partial charge in [0.15, 0.2) is 0 Å². The average Bonchev–Trinajstić information content (AvgIpc) is 2.10. The highest BCUT2D eigenvalue weighted by Gasteiger charge is 1.85. The fourth-order valence-electron chi connectivity index (χ4n) is 0.920. The van der Waals surface area contributed by atoms with E-state index in [1.807, 2.05) is 0 Å². The van der Waals surface area contributed by atoms with Crippen LogP contribution < -0.4 is 16.0 Å². The van der Waals surface area contributed by atoms with E-state index in [1.54, 1.807) is 0 Å². The summed E-state index contributed by atoms with van der Waals surface area (Å²) in [6.07, 6.45) is 2.54. The number of nitrogens with one attached hydrogen (secondary N) is 3. The number of likely N-dealkylation sites (N-methyl/N-ethyl adjacent to an activating group) is 1. The molecule has 12 heavy (non-hydrogen) atoms. The van der Waals surface area contributed by atoms with Crippen molar-refractivity contribution in [1.29, 1.82) is 0 Å². The lowest BCUT2D eigenvalue weighted by Gasteiger charge is -2.06. The highest BCUT2D eigenvalue weighted by Crippen LogP contribution is 1.80. The van der Waals surface area contributed by atoms with Gasteiger partial charge in [-0.05, 0) is 19.5 Å². The Morgan fingerprint density at radius 2 is 1.50 bits per heavy atom. The second kappa shape index (κ2) is 10.9. The van der Waals surface area contributed by atoms with Crippen LogP contribution in [0.1, 0.15) is 26.7 Å². The van der Waals surface area contributed by atoms with Crippen molar-refractivity contribution in [3.8, 4) is 0 Å². The molecule has 0 saturated heterocycles. The van der Waals surface area contributed by atoms with Crippen LogP contribution in [0.15, 0.2) is 0 Å². The van der Waals surface area contributed by atoms with Gasteiger partial charge in [0.25, 0.3) is 0 Å². The van der Waals surface area contributed by atoms with Crippen LogP contribution in [0, 0.1) is 0 Å². The largest absolute Gasteiger partial charge is 0.316 e. The van der Waals surface area contributed by atoms with Gasteiger partial charge in [-0.3, -0.25) is 0 Å². The molecule has 0 aliphatic carbocycles. The zero-order chi connectivity index (χ0) is 9.07. The second-order valence-electron chi connectivity index (χ2n) is 2.88. The molecule has 3 heteroatoms. The second-order valence-corrected chi connectivity index (χ2v) is 2.88. The van der Waals surface area contributed by atoms with E-state index in [0.29, 0.717) is 0 Å². The number of rotatable bonds is 9. The Labute approximate surface area is 76.3 Å². The van der Waals surface area contributed by atoms with Crippen LogP contribution in [0.25, 0.3) is 0 Å². The molecule has 0 heterocycles. The highest BCUT2D eigenvalue weighted by atomic mass is 15.1. The molecule has 0 atom stereocenters. The summed E-state index contributed by atoms with van der Waals surface area (Å²) in [5, 5.41) is 9.89. The van der Waals surface area contributed by atoms with Crippen molar-refractivity contribution < 1.29 is 0 Å². The third kappa shape index (κ3) is 9.88. The van der Waals surface area contributed by atoms with Crippen LogP contribution in [0.5, 0.6) is 0 Å². The molecule has 3 N–H and O–H groups in total. The van der Waals surface area contributed by atoms with Crippen LogP contribution in [-0.4, -0.2) is 32.8 Å². The molecule has 0 aliphatic rings. The molecule has 0 unspecified atom stereocenters. The van der Waals surface area contributed by atoms with E-state index in [1.165, 1.54) is 12.8 Å². The lowest BCUT2D eigenvalue weighted by molar-refractivity contribution is 0.551. The summed E-state index contributed by atoms with van der Waals surface area (Å²) in [4.78, 5) is 0. The third-order valence-electron chi connectivity index (χ3n) is 1.69. The van der Waals surface area contributed by atoms with Crippen molar-refractivity contribution in [3.05, 3.63) is 0 Å². The van der Waals surface area contributed by atoms with Gasteiger partial charge in [-0.25, -0.2) is 0 Å². The zero-order valence-corrected chi connectivity index (χ0v) is 8.45. The first kappa shape index (κ1) is 11.9. The van der Waals surface area contributed by atoms with Gasteiger partial charge in [-0.2, -0.15) is 0 Å². The van der Waals surface area contributed by atoms with Crippen LogP contribution in [-0.2, 0) is 0 Å². The van der Waals surface area contributed by atoms with Gasteiger partial charge in [0.1, 0.15) is 0 Å². The quantitative estimate of drug-likeness (QED) is 0.352. The summed E-state index contributed by atoms with van der Waals surface area (Å²) >= 11 is 0. The van der Waals surface area contributed by atoms with Gasteiger partial charge in [-0.15, -0.1) is 0 Å². The fraction of sp³-hybridized carbons (Fsp3) is 1.00. The highest BCUT2D eigenvalue weighted by molar-refractivity contribution is 4.49. The summed E-state index contributed by atoms with van der Waals surface area (Å²) in [7, 11) is 0. The fourth-order valence-corrected chi connectivity index (χ4v) is 0.920. The summed E-state index contributed by atoms with van der Waals surface area (Å²) in [6, 6.07) is 0. The van der Waals surface area contributed by atoms with E-state index in [0.717, 1.165) is 32.8 Å². The van der Waals surface area contributed by atoms with Gasteiger partial charge in [0.05, 0.1) is 0 Å². The van der Waals surface area contributed by atoms with Crippen LogP contribution in [0.2, 0.25) is 0 Å². The molecule has 3 nitrogen and oxygen atoms in total. The Hall–Kier alpha value is -0.120. The molecule has 0 aliphatic heterocycles.